The van der Waals surface area contributed by atoms with Crippen LogP contribution >= 0.6 is 0 Å². The summed E-state index contributed by atoms with van der Waals surface area (Å²) in [5, 5.41) is 0. The number of rotatable bonds is 7. The van der Waals surface area contributed by atoms with E-state index in [0.717, 1.165) is 26.3 Å². The van der Waals surface area contributed by atoms with Gasteiger partial charge in [-0.2, -0.15) is 0 Å². The molecule has 1 rings (SSSR count). The van der Waals surface area contributed by atoms with Crippen LogP contribution in [0.15, 0.2) is 0 Å². The van der Waals surface area contributed by atoms with Gasteiger partial charge in [0.15, 0.2) is 0 Å². The molecule has 17 heavy (non-hydrogen) atoms. The number of nitrogens with zero attached hydrogens (tertiary/aromatic N) is 1. The summed E-state index contributed by atoms with van der Waals surface area (Å²) in [7, 11) is 0. The van der Waals surface area contributed by atoms with Crippen LogP contribution in [-0.4, -0.2) is 43.8 Å². The molecule has 102 valence electrons. The Morgan fingerprint density at radius 1 is 1.35 bits per heavy atom. The molecular weight excluding hydrogens is 212 g/mol. The van der Waals surface area contributed by atoms with Crippen LogP contribution in [0.5, 0.6) is 0 Å². The SMILES string of the molecule is CCC1COCCN1CCCCC(C)(C)CN. The van der Waals surface area contributed by atoms with Gasteiger partial charge in [0.1, 0.15) is 0 Å². The standard InChI is InChI=1S/C14H30N2O/c1-4-13-11-17-10-9-16(13)8-6-5-7-14(2,3)12-15/h13H,4-12,15H2,1-3H3. The Morgan fingerprint density at radius 2 is 2.12 bits per heavy atom. The first-order valence-corrected chi connectivity index (χ1v) is 7.11. The summed E-state index contributed by atoms with van der Waals surface area (Å²) in [6, 6.07) is 0.645. The lowest BCUT2D eigenvalue weighted by Gasteiger charge is -2.35. The second-order valence-electron chi connectivity index (χ2n) is 6.00. The summed E-state index contributed by atoms with van der Waals surface area (Å²) < 4.78 is 5.52. The highest BCUT2D eigenvalue weighted by molar-refractivity contribution is 4.75. The molecule has 1 saturated heterocycles. The van der Waals surface area contributed by atoms with Crippen LogP contribution in [0.4, 0.5) is 0 Å². The highest BCUT2D eigenvalue weighted by Crippen LogP contribution is 2.21. The smallest absolute Gasteiger partial charge is 0.0622 e. The van der Waals surface area contributed by atoms with E-state index in [1.54, 1.807) is 0 Å². The van der Waals surface area contributed by atoms with Crippen molar-refractivity contribution in [2.24, 2.45) is 11.1 Å². The van der Waals surface area contributed by atoms with Gasteiger partial charge in [0.05, 0.1) is 13.2 Å². The Hall–Kier alpha value is -0.120. The number of ether oxygens (including phenoxy) is 1. The van der Waals surface area contributed by atoms with Gasteiger partial charge < -0.3 is 10.5 Å². The van der Waals surface area contributed by atoms with E-state index >= 15 is 0 Å². The molecule has 1 aliphatic heterocycles. The third-order valence-electron chi connectivity index (χ3n) is 3.92. The zero-order chi connectivity index (χ0) is 12.7. The highest BCUT2D eigenvalue weighted by Gasteiger charge is 2.21. The summed E-state index contributed by atoms with van der Waals surface area (Å²) in [6.45, 7) is 11.7. The van der Waals surface area contributed by atoms with Crippen molar-refractivity contribution in [2.75, 3.05) is 32.8 Å². The van der Waals surface area contributed by atoms with Crippen LogP contribution in [0, 0.1) is 5.41 Å². The summed E-state index contributed by atoms with van der Waals surface area (Å²) in [6.07, 6.45) is 5.02. The molecule has 1 atom stereocenters. The van der Waals surface area contributed by atoms with Crippen LogP contribution in [0.3, 0.4) is 0 Å². The third-order valence-corrected chi connectivity index (χ3v) is 3.92. The van der Waals surface area contributed by atoms with Crippen molar-refractivity contribution in [3.63, 3.8) is 0 Å². The van der Waals surface area contributed by atoms with E-state index in [9.17, 15) is 0 Å². The molecule has 3 nitrogen and oxygen atoms in total. The minimum atomic E-state index is 0.315. The van der Waals surface area contributed by atoms with Crippen LogP contribution in [0.2, 0.25) is 0 Å². The van der Waals surface area contributed by atoms with Crippen LogP contribution < -0.4 is 5.73 Å². The van der Waals surface area contributed by atoms with Crippen molar-refractivity contribution in [1.82, 2.24) is 4.90 Å². The Balaban J connectivity index is 2.16. The van der Waals surface area contributed by atoms with E-state index in [1.165, 1.54) is 32.2 Å². The molecule has 3 heteroatoms. The van der Waals surface area contributed by atoms with Gasteiger partial charge in [-0.1, -0.05) is 27.2 Å². The van der Waals surface area contributed by atoms with E-state index in [1.807, 2.05) is 0 Å². The van der Waals surface area contributed by atoms with Gasteiger partial charge in [-0.05, 0) is 37.8 Å². The molecule has 0 aromatic heterocycles. The molecule has 0 aliphatic carbocycles. The van der Waals surface area contributed by atoms with Gasteiger partial charge in [0.2, 0.25) is 0 Å². The minimum Gasteiger partial charge on any atom is -0.378 e. The molecular formula is C14H30N2O. The van der Waals surface area contributed by atoms with Crippen molar-refractivity contribution >= 4 is 0 Å². The fourth-order valence-corrected chi connectivity index (χ4v) is 2.38. The topological polar surface area (TPSA) is 38.5 Å². The summed E-state index contributed by atoms with van der Waals surface area (Å²) in [5.41, 5.74) is 6.06. The van der Waals surface area contributed by atoms with E-state index in [4.69, 9.17) is 10.5 Å². The predicted molar refractivity (Wildman–Crippen MR) is 73.2 cm³/mol. The Bertz CT molecular complexity index is 206. The molecule has 2 N–H and O–H groups in total. The number of unbranched alkanes of at least 4 members (excludes halogenated alkanes) is 1. The molecule has 0 bridgehead atoms. The average molecular weight is 242 g/mol. The van der Waals surface area contributed by atoms with Crippen molar-refractivity contribution in [3.05, 3.63) is 0 Å². The van der Waals surface area contributed by atoms with Crippen molar-refractivity contribution in [1.29, 1.82) is 0 Å². The van der Waals surface area contributed by atoms with Gasteiger partial charge in [0, 0.05) is 12.6 Å². The summed E-state index contributed by atoms with van der Waals surface area (Å²) >= 11 is 0. The summed E-state index contributed by atoms with van der Waals surface area (Å²) in [5.74, 6) is 0. The number of nitrogens with two attached hydrogens (primary N) is 1. The molecule has 1 heterocycles. The summed E-state index contributed by atoms with van der Waals surface area (Å²) in [4.78, 5) is 2.60. The molecule has 0 spiro atoms. The lowest BCUT2D eigenvalue weighted by molar-refractivity contribution is -0.00940. The Kier molecular flexibility index (Phi) is 6.45. The lowest BCUT2D eigenvalue weighted by atomic mass is 9.87. The maximum atomic E-state index is 5.75. The molecule has 0 amide bonds. The monoisotopic (exact) mass is 242 g/mol. The fourth-order valence-electron chi connectivity index (χ4n) is 2.38. The first-order chi connectivity index (χ1) is 8.09. The van der Waals surface area contributed by atoms with E-state index in [0.29, 0.717) is 11.5 Å². The predicted octanol–water partition coefficient (Wildman–Crippen LogP) is 2.25. The highest BCUT2D eigenvalue weighted by atomic mass is 16.5. The van der Waals surface area contributed by atoms with Gasteiger partial charge in [-0.3, -0.25) is 4.90 Å². The molecule has 1 fully saturated rings. The first-order valence-electron chi connectivity index (χ1n) is 7.11. The van der Waals surface area contributed by atoms with Gasteiger partial charge in [0.25, 0.3) is 0 Å². The molecule has 1 unspecified atom stereocenters. The quantitative estimate of drug-likeness (QED) is 0.696. The van der Waals surface area contributed by atoms with Crippen molar-refractivity contribution in [2.45, 2.75) is 52.5 Å². The van der Waals surface area contributed by atoms with Crippen LogP contribution in [0.1, 0.15) is 46.5 Å². The number of hydrogen-bond acceptors (Lipinski definition) is 3. The van der Waals surface area contributed by atoms with Crippen molar-refractivity contribution in [3.8, 4) is 0 Å². The zero-order valence-electron chi connectivity index (χ0n) is 11.9. The van der Waals surface area contributed by atoms with Crippen molar-refractivity contribution < 1.29 is 4.74 Å². The average Bonchev–Trinajstić information content (AvgIpc) is 2.35. The maximum Gasteiger partial charge on any atom is 0.0622 e. The Labute approximate surface area is 107 Å². The largest absolute Gasteiger partial charge is 0.378 e. The molecule has 0 radical (unpaired) electrons. The molecule has 1 aliphatic rings. The van der Waals surface area contributed by atoms with E-state index in [2.05, 4.69) is 25.7 Å². The molecule has 0 aromatic carbocycles. The third kappa shape index (κ3) is 5.36. The second-order valence-corrected chi connectivity index (χ2v) is 6.00. The first kappa shape index (κ1) is 14.9. The Morgan fingerprint density at radius 3 is 2.76 bits per heavy atom. The van der Waals surface area contributed by atoms with E-state index < -0.39 is 0 Å². The van der Waals surface area contributed by atoms with Gasteiger partial charge in [-0.25, -0.2) is 0 Å². The van der Waals surface area contributed by atoms with Crippen LogP contribution in [0.25, 0.3) is 0 Å². The normalized spacial score (nSPS) is 22.9. The number of hydrogen-bond donors (Lipinski definition) is 1. The molecule has 0 saturated carbocycles. The fraction of sp³-hybridized carbons (Fsp3) is 1.00. The maximum absolute atomic E-state index is 5.75. The van der Waals surface area contributed by atoms with Crippen LogP contribution in [-0.2, 0) is 4.74 Å². The van der Waals surface area contributed by atoms with Gasteiger partial charge in [-0.15, -0.1) is 0 Å². The zero-order valence-corrected chi connectivity index (χ0v) is 11.9. The minimum absolute atomic E-state index is 0.315. The second kappa shape index (κ2) is 7.34. The van der Waals surface area contributed by atoms with Gasteiger partial charge >= 0.3 is 0 Å². The molecule has 0 aromatic rings. The lowest BCUT2D eigenvalue weighted by Crippen LogP contribution is -2.45. The number of morpholine rings is 1. The van der Waals surface area contributed by atoms with E-state index in [-0.39, 0.29) is 0 Å².